The third kappa shape index (κ3) is 2.62. The molecule has 0 aromatic heterocycles. The van der Waals surface area contributed by atoms with E-state index in [-0.39, 0.29) is 5.02 Å². The van der Waals surface area contributed by atoms with Crippen molar-refractivity contribution < 1.29 is 19.0 Å². The Morgan fingerprint density at radius 1 is 1.69 bits per heavy atom. The number of primary amides is 1. The van der Waals surface area contributed by atoms with E-state index in [9.17, 15) is 14.3 Å². The van der Waals surface area contributed by atoms with E-state index in [1.54, 1.807) is 0 Å². The molecule has 0 aliphatic heterocycles. The molecule has 0 aliphatic carbocycles. The maximum atomic E-state index is 12.9. The van der Waals surface area contributed by atoms with E-state index in [2.05, 4.69) is 0 Å². The van der Waals surface area contributed by atoms with Gasteiger partial charge in [0.05, 0.1) is 11.6 Å². The number of aliphatic hydroxyl groups excluding tert-OH is 1. The number of ether oxygens (including phenoxy) is 1. The van der Waals surface area contributed by atoms with E-state index in [0.717, 1.165) is 6.07 Å². The first-order valence-corrected chi connectivity index (χ1v) is 4.81. The maximum absolute atomic E-state index is 12.9. The van der Waals surface area contributed by atoms with Crippen molar-refractivity contribution in [2.45, 2.75) is 12.5 Å². The van der Waals surface area contributed by atoms with Crippen LogP contribution in [0.5, 0.6) is 0 Å². The molecule has 0 bridgehead atoms. The molecule has 88 valence electrons. The Morgan fingerprint density at radius 3 is 2.75 bits per heavy atom. The van der Waals surface area contributed by atoms with Crippen molar-refractivity contribution in [3.63, 3.8) is 0 Å². The molecule has 0 heterocycles. The molecule has 3 N–H and O–H groups in total. The highest BCUT2D eigenvalue weighted by atomic mass is 35.5. The van der Waals surface area contributed by atoms with Gasteiger partial charge in [-0.1, -0.05) is 17.7 Å². The molecule has 0 saturated carbocycles. The van der Waals surface area contributed by atoms with Gasteiger partial charge in [0.2, 0.25) is 0 Å². The molecule has 0 aliphatic rings. The summed E-state index contributed by atoms with van der Waals surface area (Å²) in [6.07, 6.45) is -1.03. The Balaban J connectivity index is 3.12. The first kappa shape index (κ1) is 12.7. The fraction of sp³-hybridized carbons (Fsp3) is 0.300. The summed E-state index contributed by atoms with van der Waals surface area (Å²) in [6, 6.07) is 3.76. The Bertz CT molecular complexity index is 413. The van der Waals surface area contributed by atoms with Gasteiger partial charge in [0.15, 0.2) is 5.60 Å². The van der Waals surface area contributed by atoms with Crippen LogP contribution in [0.4, 0.5) is 9.18 Å². The number of halogens is 2. The highest BCUT2D eigenvalue weighted by Crippen LogP contribution is 2.28. The Kier molecular flexibility index (Phi) is 3.72. The average Bonchev–Trinajstić information content (AvgIpc) is 2.21. The second-order valence-corrected chi connectivity index (χ2v) is 3.85. The lowest BCUT2D eigenvalue weighted by molar-refractivity contribution is -0.0166. The fourth-order valence-electron chi connectivity index (χ4n) is 1.23. The highest BCUT2D eigenvalue weighted by Gasteiger charge is 2.30. The molecule has 0 fully saturated rings. The van der Waals surface area contributed by atoms with Crippen LogP contribution in [0.3, 0.4) is 0 Å². The SMILES string of the molecule is CC(CO)(OC(N)=O)c1ccc(F)c(Cl)c1. The van der Waals surface area contributed by atoms with Gasteiger partial charge < -0.3 is 15.6 Å². The van der Waals surface area contributed by atoms with Gasteiger partial charge in [0.25, 0.3) is 0 Å². The number of hydrogen-bond acceptors (Lipinski definition) is 3. The van der Waals surface area contributed by atoms with Gasteiger partial charge in [-0.3, -0.25) is 0 Å². The third-order valence-electron chi connectivity index (χ3n) is 2.16. The minimum Gasteiger partial charge on any atom is -0.436 e. The van der Waals surface area contributed by atoms with E-state index >= 15 is 0 Å². The van der Waals surface area contributed by atoms with Gasteiger partial charge in [-0.2, -0.15) is 0 Å². The molecule has 1 rings (SSSR count). The topological polar surface area (TPSA) is 72.6 Å². The van der Waals surface area contributed by atoms with Gasteiger partial charge in [-0.15, -0.1) is 0 Å². The van der Waals surface area contributed by atoms with Crippen molar-refractivity contribution in [3.8, 4) is 0 Å². The van der Waals surface area contributed by atoms with Gasteiger partial charge in [0.1, 0.15) is 5.82 Å². The van der Waals surface area contributed by atoms with Crippen molar-refractivity contribution in [2.75, 3.05) is 6.61 Å². The number of nitrogens with two attached hydrogens (primary N) is 1. The van der Waals surface area contributed by atoms with Gasteiger partial charge in [-0.05, 0) is 24.6 Å². The first-order chi connectivity index (χ1) is 7.39. The molecule has 4 nitrogen and oxygen atoms in total. The van der Waals surface area contributed by atoms with E-state index in [1.807, 2.05) is 0 Å². The number of amides is 1. The Hall–Kier alpha value is -1.33. The summed E-state index contributed by atoms with van der Waals surface area (Å²) in [5.74, 6) is -0.593. The molecule has 1 amide bonds. The number of benzene rings is 1. The van der Waals surface area contributed by atoms with Crippen LogP contribution in [0.2, 0.25) is 5.02 Å². The molecule has 0 radical (unpaired) electrons. The molecule has 6 heteroatoms. The van der Waals surface area contributed by atoms with Gasteiger partial charge in [-0.25, -0.2) is 9.18 Å². The van der Waals surface area contributed by atoms with Crippen LogP contribution < -0.4 is 5.73 Å². The monoisotopic (exact) mass is 247 g/mol. The van der Waals surface area contributed by atoms with E-state index in [0.29, 0.717) is 5.56 Å². The molecule has 0 spiro atoms. The average molecular weight is 248 g/mol. The quantitative estimate of drug-likeness (QED) is 0.855. The third-order valence-corrected chi connectivity index (χ3v) is 2.45. The van der Waals surface area contributed by atoms with Crippen molar-refractivity contribution >= 4 is 17.7 Å². The molecular formula is C10H11ClFNO3. The standard InChI is InChI=1S/C10H11ClFNO3/c1-10(5-14,16-9(13)15)6-2-3-8(12)7(11)4-6/h2-4,14H,5H2,1H3,(H2,13,15). The predicted molar refractivity (Wildman–Crippen MR) is 56.5 cm³/mol. The van der Waals surface area contributed by atoms with Crippen molar-refractivity contribution in [3.05, 3.63) is 34.6 Å². The molecule has 1 unspecified atom stereocenters. The van der Waals surface area contributed by atoms with Crippen LogP contribution >= 0.6 is 11.6 Å². The minimum absolute atomic E-state index is 0.120. The summed E-state index contributed by atoms with van der Waals surface area (Å²) >= 11 is 5.59. The summed E-state index contributed by atoms with van der Waals surface area (Å²) in [5, 5.41) is 9.06. The number of carbonyl (C=O) groups is 1. The number of carbonyl (C=O) groups excluding carboxylic acids is 1. The van der Waals surface area contributed by atoms with E-state index in [1.165, 1.54) is 19.1 Å². The summed E-state index contributed by atoms with van der Waals surface area (Å²) in [7, 11) is 0. The molecule has 1 atom stereocenters. The number of rotatable bonds is 3. The summed E-state index contributed by atoms with van der Waals surface area (Å²) in [5.41, 5.74) is 3.91. The smallest absolute Gasteiger partial charge is 0.405 e. The maximum Gasteiger partial charge on any atom is 0.405 e. The van der Waals surface area contributed by atoms with E-state index < -0.39 is 24.1 Å². The van der Waals surface area contributed by atoms with Crippen molar-refractivity contribution in [2.24, 2.45) is 5.73 Å². The zero-order valence-corrected chi connectivity index (χ0v) is 9.29. The zero-order chi connectivity index (χ0) is 12.3. The number of hydrogen-bond donors (Lipinski definition) is 2. The minimum atomic E-state index is -1.33. The zero-order valence-electron chi connectivity index (χ0n) is 8.54. The lowest BCUT2D eigenvalue weighted by Crippen LogP contribution is -2.35. The van der Waals surface area contributed by atoms with Crippen LogP contribution in [-0.4, -0.2) is 17.8 Å². The first-order valence-electron chi connectivity index (χ1n) is 4.44. The van der Waals surface area contributed by atoms with Crippen LogP contribution in [0, 0.1) is 5.82 Å². The summed E-state index contributed by atoms with van der Waals surface area (Å²) in [4.78, 5) is 10.7. The molecule has 16 heavy (non-hydrogen) atoms. The largest absolute Gasteiger partial charge is 0.436 e. The van der Waals surface area contributed by atoms with E-state index in [4.69, 9.17) is 22.1 Å². The fourth-order valence-corrected chi connectivity index (χ4v) is 1.41. The highest BCUT2D eigenvalue weighted by molar-refractivity contribution is 6.30. The predicted octanol–water partition coefficient (Wildman–Crippen LogP) is 1.78. The van der Waals surface area contributed by atoms with Crippen molar-refractivity contribution in [1.82, 2.24) is 0 Å². The molecule has 1 aromatic rings. The summed E-state index contributed by atoms with van der Waals surface area (Å²) < 4.78 is 17.7. The summed E-state index contributed by atoms with van der Waals surface area (Å²) in [6.45, 7) is 0.958. The van der Waals surface area contributed by atoms with Crippen LogP contribution in [-0.2, 0) is 10.3 Å². The molecular weight excluding hydrogens is 237 g/mol. The Morgan fingerprint density at radius 2 is 2.31 bits per heavy atom. The van der Waals surface area contributed by atoms with Gasteiger partial charge in [0, 0.05) is 0 Å². The van der Waals surface area contributed by atoms with Crippen LogP contribution in [0.1, 0.15) is 12.5 Å². The van der Waals surface area contributed by atoms with Crippen molar-refractivity contribution in [1.29, 1.82) is 0 Å². The van der Waals surface area contributed by atoms with Crippen LogP contribution in [0.15, 0.2) is 18.2 Å². The number of aliphatic hydroxyl groups is 1. The molecule has 1 aromatic carbocycles. The van der Waals surface area contributed by atoms with Crippen LogP contribution in [0.25, 0.3) is 0 Å². The van der Waals surface area contributed by atoms with Gasteiger partial charge >= 0.3 is 6.09 Å². The lowest BCUT2D eigenvalue weighted by atomic mass is 9.97. The molecule has 0 saturated heterocycles. The second-order valence-electron chi connectivity index (χ2n) is 3.44. The lowest BCUT2D eigenvalue weighted by Gasteiger charge is -2.27. The Labute approximate surface area is 96.8 Å². The normalized spacial score (nSPS) is 14.2. The second kappa shape index (κ2) is 4.67.